The van der Waals surface area contributed by atoms with Crippen molar-refractivity contribution in [2.45, 2.75) is 71.4 Å². The van der Waals surface area contributed by atoms with Gasteiger partial charge in [0.1, 0.15) is 11.5 Å². The van der Waals surface area contributed by atoms with Gasteiger partial charge in [-0.15, -0.1) is 0 Å². The molecule has 1 N–H and O–H groups in total. The Morgan fingerprint density at radius 2 is 1.97 bits per heavy atom. The third kappa shape index (κ3) is 5.68. The van der Waals surface area contributed by atoms with Gasteiger partial charge in [0.25, 0.3) is 0 Å². The first-order valence-electron chi connectivity index (χ1n) is 10.4. The van der Waals surface area contributed by atoms with Crippen LogP contribution in [0.5, 0.6) is 0 Å². The van der Waals surface area contributed by atoms with E-state index in [0.717, 1.165) is 48.3 Å². The summed E-state index contributed by atoms with van der Waals surface area (Å²) in [6, 6.07) is 6.21. The fraction of sp³-hybridized carbons (Fsp3) is 0.565. The third-order valence-corrected chi connectivity index (χ3v) is 5.58. The molecule has 3 rings (SSSR count). The van der Waals surface area contributed by atoms with E-state index in [1.165, 1.54) is 12.7 Å². The Morgan fingerprint density at radius 3 is 2.63 bits per heavy atom. The zero-order valence-corrected chi connectivity index (χ0v) is 18.1. The molecule has 1 unspecified atom stereocenters. The standard InChI is InChI=1S/C23H31NO6/c1-14-8-9-19(15(2)10-14)22-24-20(16(3)30-22)12-28-17-6-5-7-18(11-17)29-13-21(27-4)23(25)26/h8-10,17-18,21H,5-7,11-13H2,1-4H3,(H,25,26)/t17-,18+,21?/m0/s1. The Labute approximate surface area is 177 Å². The minimum atomic E-state index is -1.01. The number of aromatic nitrogens is 1. The molecule has 0 aliphatic heterocycles. The summed E-state index contributed by atoms with van der Waals surface area (Å²) in [4.78, 5) is 15.7. The van der Waals surface area contributed by atoms with Crippen molar-refractivity contribution in [3.8, 4) is 11.5 Å². The summed E-state index contributed by atoms with van der Waals surface area (Å²) in [5, 5.41) is 9.06. The quantitative estimate of drug-likeness (QED) is 0.653. The summed E-state index contributed by atoms with van der Waals surface area (Å²) in [6.07, 6.45) is 2.65. The number of carboxylic acid groups (broad SMARTS) is 1. The molecule has 0 radical (unpaired) electrons. The van der Waals surface area contributed by atoms with E-state index in [1.807, 2.05) is 13.0 Å². The first-order chi connectivity index (χ1) is 14.4. The topological polar surface area (TPSA) is 91.0 Å². The summed E-state index contributed by atoms with van der Waals surface area (Å²) < 4.78 is 22.7. The van der Waals surface area contributed by atoms with Gasteiger partial charge in [0.2, 0.25) is 5.89 Å². The minimum absolute atomic E-state index is 0.0232. The maximum absolute atomic E-state index is 11.1. The van der Waals surface area contributed by atoms with Crippen LogP contribution in [0.2, 0.25) is 0 Å². The van der Waals surface area contributed by atoms with Crippen molar-refractivity contribution in [3.63, 3.8) is 0 Å². The molecule has 1 aliphatic carbocycles. The van der Waals surface area contributed by atoms with Crippen LogP contribution < -0.4 is 0 Å². The van der Waals surface area contributed by atoms with Crippen LogP contribution in [0.3, 0.4) is 0 Å². The molecule has 7 nitrogen and oxygen atoms in total. The van der Waals surface area contributed by atoms with Gasteiger partial charge >= 0.3 is 5.97 Å². The molecule has 2 aromatic rings. The SMILES string of the molecule is COC(CO[C@@H]1CCC[C@H](OCc2nc(-c3ccc(C)cc3C)oc2C)C1)C(=O)O. The first-order valence-corrected chi connectivity index (χ1v) is 10.4. The van der Waals surface area contributed by atoms with Gasteiger partial charge in [0, 0.05) is 12.7 Å². The van der Waals surface area contributed by atoms with Crippen molar-refractivity contribution >= 4 is 5.97 Å². The summed E-state index contributed by atoms with van der Waals surface area (Å²) in [5.41, 5.74) is 4.13. The van der Waals surface area contributed by atoms with Crippen LogP contribution in [0.25, 0.3) is 11.5 Å². The Bertz CT molecular complexity index is 861. The lowest BCUT2D eigenvalue weighted by Crippen LogP contribution is -2.34. The molecule has 0 saturated heterocycles. The number of nitrogens with zero attached hydrogens (tertiary/aromatic N) is 1. The van der Waals surface area contributed by atoms with Crippen molar-refractivity contribution in [2.75, 3.05) is 13.7 Å². The highest BCUT2D eigenvalue weighted by Gasteiger charge is 2.26. The molecule has 1 heterocycles. The zero-order chi connectivity index (χ0) is 21.7. The van der Waals surface area contributed by atoms with Crippen molar-refractivity contribution < 1.29 is 28.5 Å². The predicted octanol–water partition coefficient (Wildman–Crippen LogP) is 4.21. The lowest BCUT2D eigenvalue weighted by atomic mass is 9.95. The highest BCUT2D eigenvalue weighted by molar-refractivity contribution is 5.72. The number of benzene rings is 1. The minimum Gasteiger partial charge on any atom is -0.479 e. The number of ether oxygens (including phenoxy) is 3. The molecule has 7 heteroatoms. The monoisotopic (exact) mass is 417 g/mol. The van der Waals surface area contributed by atoms with E-state index < -0.39 is 12.1 Å². The van der Waals surface area contributed by atoms with Gasteiger partial charge in [-0.05, 0) is 58.1 Å². The van der Waals surface area contributed by atoms with Crippen LogP contribution in [0, 0.1) is 20.8 Å². The number of carboxylic acids is 1. The van der Waals surface area contributed by atoms with E-state index >= 15 is 0 Å². The van der Waals surface area contributed by atoms with Crippen LogP contribution in [0.1, 0.15) is 48.3 Å². The maximum atomic E-state index is 11.1. The van der Waals surface area contributed by atoms with Crippen LogP contribution in [0.15, 0.2) is 22.6 Å². The summed E-state index contributed by atoms with van der Waals surface area (Å²) in [5.74, 6) is 0.368. The highest BCUT2D eigenvalue weighted by Crippen LogP contribution is 2.28. The molecule has 1 saturated carbocycles. The third-order valence-electron chi connectivity index (χ3n) is 5.58. The molecule has 1 aromatic heterocycles. The molecular weight excluding hydrogens is 386 g/mol. The lowest BCUT2D eigenvalue weighted by molar-refractivity contribution is -0.155. The van der Waals surface area contributed by atoms with E-state index in [1.54, 1.807) is 0 Å². The highest BCUT2D eigenvalue weighted by atomic mass is 16.5. The van der Waals surface area contributed by atoms with Crippen LogP contribution >= 0.6 is 0 Å². The number of aryl methyl sites for hydroxylation is 3. The Kier molecular flexibility index (Phi) is 7.64. The van der Waals surface area contributed by atoms with E-state index in [0.29, 0.717) is 12.5 Å². The van der Waals surface area contributed by atoms with Crippen molar-refractivity contribution in [2.24, 2.45) is 0 Å². The second-order valence-corrected chi connectivity index (χ2v) is 7.96. The maximum Gasteiger partial charge on any atom is 0.335 e. The summed E-state index contributed by atoms with van der Waals surface area (Å²) in [7, 11) is 1.38. The molecule has 1 aromatic carbocycles. The van der Waals surface area contributed by atoms with Crippen LogP contribution in [0.4, 0.5) is 0 Å². The van der Waals surface area contributed by atoms with Gasteiger partial charge in [-0.3, -0.25) is 0 Å². The molecule has 30 heavy (non-hydrogen) atoms. The molecule has 1 fully saturated rings. The molecule has 0 spiro atoms. The number of aliphatic carboxylic acids is 1. The number of carbonyl (C=O) groups is 1. The largest absolute Gasteiger partial charge is 0.479 e. The Morgan fingerprint density at radius 1 is 1.23 bits per heavy atom. The molecule has 0 amide bonds. The number of hydrogen-bond donors (Lipinski definition) is 1. The smallest absolute Gasteiger partial charge is 0.335 e. The van der Waals surface area contributed by atoms with Crippen LogP contribution in [-0.4, -0.2) is 48.1 Å². The molecule has 3 atom stereocenters. The first kappa shape index (κ1) is 22.5. The predicted molar refractivity (Wildman–Crippen MR) is 111 cm³/mol. The Hall–Kier alpha value is -2.22. The summed E-state index contributed by atoms with van der Waals surface area (Å²) >= 11 is 0. The van der Waals surface area contributed by atoms with Crippen molar-refractivity contribution in [1.82, 2.24) is 4.98 Å². The molecule has 0 bridgehead atoms. The average Bonchev–Trinajstić information content (AvgIpc) is 3.07. The van der Waals surface area contributed by atoms with Gasteiger partial charge in [-0.2, -0.15) is 0 Å². The van der Waals surface area contributed by atoms with E-state index in [4.69, 9.17) is 23.7 Å². The van der Waals surface area contributed by atoms with Gasteiger partial charge in [0.05, 0.1) is 25.4 Å². The average molecular weight is 418 g/mol. The number of rotatable bonds is 9. The summed E-state index contributed by atoms with van der Waals surface area (Å²) in [6.45, 7) is 6.45. The van der Waals surface area contributed by atoms with E-state index in [2.05, 4.69) is 31.0 Å². The number of methoxy groups -OCH3 is 1. The van der Waals surface area contributed by atoms with Gasteiger partial charge < -0.3 is 23.7 Å². The van der Waals surface area contributed by atoms with Gasteiger partial charge in [-0.25, -0.2) is 9.78 Å². The lowest BCUT2D eigenvalue weighted by Gasteiger charge is -2.29. The second-order valence-electron chi connectivity index (χ2n) is 7.96. The van der Waals surface area contributed by atoms with Gasteiger partial charge in [-0.1, -0.05) is 17.7 Å². The van der Waals surface area contributed by atoms with Crippen molar-refractivity contribution in [1.29, 1.82) is 0 Å². The fourth-order valence-corrected chi connectivity index (χ4v) is 3.80. The van der Waals surface area contributed by atoms with Gasteiger partial charge in [0.15, 0.2) is 6.10 Å². The molecule has 1 aliphatic rings. The molecular formula is C23H31NO6. The normalized spacial score (nSPS) is 20.3. The number of hydrogen-bond acceptors (Lipinski definition) is 6. The van der Waals surface area contributed by atoms with Crippen molar-refractivity contribution in [3.05, 3.63) is 40.8 Å². The second kappa shape index (κ2) is 10.2. The molecule has 164 valence electrons. The fourth-order valence-electron chi connectivity index (χ4n) is 3.80. The zero-order valence-electron chi connectivity index (χ0n) is 18.1. The number of oxazole rings is 1. The Balaban J connectivity index is 1.55. The van der Waals surface area contributed by atoms with E-state index in [-0.39, 0.29) is 18.8 Å². The van der Waals surface area contributed by atoms with E-state index in [9.17, 15) is 4.79 Å². The van der Waals surface area contributed by atoms with Crippen LogP contribution in [-0.2, 0) is 25.6 Å².